The number of rotatable bonds is 8. The molecule has 0 nitrogen and oxygen atoms in total. The van der Waals surface area contributed by atoms with Gasteiger partial charge in [-0.3, -0.25) is 0 Å². The molecule has 3 aliphatic rings. The average Bonchev–Trinajstić information content (AvgIpc) is 3.60. The van der Waals surface area contributed by atoms with Crippen LogP contribution in [-0.4, -0.2) is 0 Å². The van der Waals surface area contributed by atoms with Crippen LogP contribution in [0.1, 0.15) is 113 Å². The van der Waals surface area contributed by atoms with Crippen LogP contribution in [-0.2, 0) is 20.0 Å². The van der Waals surface area contributed by atoms with Gasteiger partial charge in [0.25, 0.3) is 0 Å². The van der Waals surface area contributed by atoms with Crippen molar-refractivity contribution in [2.75, 3.05) is 0 Å². The van der Waals surface area contributed by atoms with E-state index >= 15 is 0 Å². The Bertz CT molecular complexity index is 1630. The van der Waals surface area contributed by atoms with Crippen molar-refractivity contribution >= 4 is 12.2 Å². The Balaban J connectivity index is 0.00000208. The van der Waals surface area contributed by atoms with Gasteiger partial charge in [-0.2, -0.15) is 0 Å². The molecule has 1 saturated heterocycles. The molecule has 4 aromatic rings. The van der Waals surface area contributed by atoms with E-state index in [-0.39, 0.29) is 24.8 Å². The average molecular weight is 814 g/mol. The number of hydrogen-bond donors (Lipinski definition) is 0. The smallest absolute Gasteiger partial charge is 1.00 e. The summed E-state index contributed by atoms with van der Waals surface area (Å²) >= 11 is -2.99. The van der Waals surface area contributed by atoms with E-state index in [9.17, 15) is 0 Å². The van der Waals surface area contributed by atoms with Gasteiger partial charge < -0.3 is 24.8 Å². The first-order valence-corrected chi connectivity index (χ1v) is 26.5. The Morgan fingerprint density at radius 3 is 1.26 bits per heavy atom. The van der Waals surface area contributed by atoms with Gasteiger partial charge in [-0.05, 0) is 0 Å². The summed E-state index contributed by atoms with van der Waals surface area (Å²) in [5.74, 6) is 1.12. The van der Waals surface area contributed by atoms with Crippen LogP contribution in [0.2, 0.25) is 8.35 Å². The van der Waals surface area contributed by atoms with Crippen molar-refractivity contribution in [3.63, 3.8) is 0 Å². The zero-order chi connectivity index (χ0) is 30.6. The van der Waals surface area contributed by atoms with Crippen molar-refractivity contribution in [3.05, 3.63) is 129 Å². The summed E-state index contributed by atoms with van der Waals surface area (Å²) in [7, 11) is 0. The van der Waals surface area contributed by atoms with E-state index in [2.05, 4.69) is 139 Å². The molecule has 0 bridgehead atoms. The summed E-state index contributed by atoms with van der Waals surface area (Å²) in [5, 5.41) is 0. The second-order valence-electron chi connectivity index (χ2n) is 14.3. The van der Waals surface area contributed by atoms with Crippen molar-refractivity contribution in [3.8, 4) is 22.3 Å². The molecule has 0 N–H and O–H groups in total. The first-order valence-electron chi connectivity index (χ1n) is 17.2. The van der Waals surface area contributed by atoms with Crippen LogP contribution in [0.3, 0.4) is 0 Å². The van der Waals surface area contributed by atoms with Gasteiger partial charge in [0, 0.05) is 0 Å². The third-order valence-corrected chi connectivity index (χ3v) is 33.7. The first kappa shape index (κ1) is 35.1. The minimum atomic E-state index is -2.99. The standard InChI is InChI=1S/2C20H21.C3H6.2ClH.Hf/c2*1-4-15-12-18-6-5-7-19(20(18)13-15)17-10-8-16(9-11-17)14(2)3;1-3-2;;;/h2*5-14H,4H2,1-3H3;1-3H2;2*1H;/q;;;;;+2/p-2. The monoisotopic (exact) mass is 814 g/mol. The SMILES string of the molecule is CCC1=Cc2c(-c3ccc(C(C)C)cc3)cccc2[CH]1[Hf+2]1([CH]2C(CC)=Cc3c(-c4ccc(C(C)C)cc4)cccc32)[CH2]C[CH2]1.[Cl-].[Cl-]. The van der Waals surface area contributed by atoms with Gasteiger partial charge in [-0.25, -0.2) is 0 Å². The minimum absolute atomic E-state index is 0. The van der Waals surface area contributed by atoms with E-state index in [4.69, 9.17) is 0 Å². The Kier molecular flexibility index (Phi) is 10.8. The summed E-state index contributed by atoms with van der Waals surface area (Å²) in [6.07, 6.45) is 9.05. The summed E-state index contributed by atoms with van der Waals surface area (Å²) in [6.45, 7) is 14.0. The molecule has 2 unspecified atom stereocenters. The van der Waals surface area contributed by atoms with Gasteiger partial charge >= 0.3 is 272 Å². The largest absolute Gasteiger partial charge is 1.00 e. The van der Waals surface area contributed by atoms with E-state index in [1.54, 1.807) is 22.3 Å². The zero-order valence-corrected chi connectivity index (χ0v) is 33.4. The molecule has 238 valence electrons. The van der Waals surface area contributed by atoms with Crippen LogP contribution < -0.4 is 24.8 Å². The Morgan fingerprint density at radius 1 is 0.565 bits per heavy atom. The molecule has 3 heteroatoms. The summed E-state index contributed by atoms with van der Waals surface area (Å²) < 4.78 is 4.45. The molecular weight excluding hydrogens is 766 g/mol. The summed E-state index contributed by atoms with van der Waals surface area (Å²) in [5.41, 5.74) is 18.3. The van der Waals surface area contributed by atoms with E-state index in [1.807, 2.05) is 0 Å². The van der Waals surface area contributed by atoms with Gasteiger partial charge in [0.1, 0.15) is 0 Å². The molecular formula is C43H48Cl2Hf. The topological polar surface area (TPSA) is 0 Å². The second-order valence-corrected chi connectivity index (χ2v) is 30.9. The molecule has 1 fully saturated rings. The number of hydrogen-bond acceptors (Lipinski definition) is 0. The molecule has 0 spiro atoms. The molecule has 7 rings (SSSR count). The molecule has 2 aliphatic carbocycles. The fourth-order valence-electron chi connectivity index (χ4n) is 8.83. The van der Waals surface area contributed by atoms with Crippen molar-refractivity contribution in [1.82, 2.24) is 0 Å². The molecule has 2 atom stereocenters. The fourth-order valence-corrected chi connectivity index (χ4v) is 32.0. The number of allylic oxidation sites excluding steroid dienone is 2. The summed E-state index contributed by atoms with van der Waals surface area (Å²) in [6, 6.07) is 33.3. The van der Waals surface area contributed by atoms with Crippen molar-refractivity contribution in [2.24, 2.45) is 0 Å². The predicted molar refractivity (Wildman–Crippen MR) is 188 cm³/mol. The fraction of sp³-hybridized carbons (Fsp3) is 0.349. The normalized spacial score (nSPS) is 18.3. The number of benzene rings is 4. The molecule has 4 aromatic carbocycles. The van der Waals surface area contributed by atoms with Crippen molar-refractivity contribution < 1.29 is 44.8 Å². The van der Waals surface area contributed by atoms with Crippen molar-refractivity contribution in [1.29, 1.82) is 0 Å². The van der Waals surface area contributed by atoms with Gasteiger partial charge in [0.05, 0.1) is 0 Å². The van der Waals surface area contributed by atoms with Crippen LogP contribution in [0.15, 0.2) is 96.1 Å². The molecule has 0 aromatic heterocycles. The van der Waals surface area contributed by atoms with Gasteiger partial charge in [0.2, 0.25) is 0 Å². The van der Waals surface area contributed by atoms with Gasteiger partial charge in [-0.1, -0.05) is 0 Å². The molecule has 1 heterocycles. The Hall–Kier alpha value is -2.19. The third-order valence-electron chi connectivity index (χ3n) is 11.3. The van der Waals surface area contributed by atoms with Crippen LogP contribution in [0.25, 0.3) is 34.4 Å². The number of fused-ring (bicyclic) bond motifs is 2. The zero-order valence-electron chi connectivity index (χ0n) is 28.3. The van der Waals surface area contributed by atoms with Gasteiger partial charge in [0.15, 0.2) is 0 Å². The molecule has 0 amide bonds. The Labute approximate surface area is 295 Å². The predicted octanol–water partition coefficient (Wildman–Crippen LogP) is 7.07. The van der Waals surface area contributed by atoms with E-state index in [1.165, 1.54) is 72.1 Å². The van der Waals surface area contributed by atoms with Crippen LogP contribution >= 0.6 is 0 Å². The van der Waals surface area contributed by atoms with E-state index < -0.39 is 20.0 Å². The van der Waals surface area contributed by atoms with Crippen LogP contribution in [0.4, 0.5) is 0 Å². The number of halogens is 2. The molecule has 1 aliphatic heterocycles. The van der Waals surface area contributed by atoms with E-state index in [0.717, 1.165) is 0 Å². The molecule has 46 heavy (non-hydrogen) atoms. The maximum atomic E-state index is 2.64. The second kappa shape index (κ2) is 14.1. The Morgan fingerprint density at radius 2 is 0.957 bits per heavy atom. The minimum Gasteiger partial charge on any atom is -1.00 e. The molecule has 0 radical (unpaired) electrons. The van der Waals surface area contributed by atoms with Gasteiger partial charge in [-0.15, -0.1) is 0 Å². The van der Waals surface area contributed by atoms with Crippen LogP contribution in [0.5, 0.6) is 0 Å². The third kappa shape index (κ3) is 5.77. The maximum absolute atomic E-state index is 2.99. The quantitative estimate of drug-likeness (QED) is 0.167. The maximum Gasteiger partial charge on any atom is -1.00 e. The summed E-state index contributed by atoms with van der Waals surface area (Å²) in [4.78, 5) is 0. The van der Waals surface area contributed by atoms with Crippen molar-refractivity contribution in [2.45, 2.75) is 88.3 Å². The van der Waals surface area contributed by atoms with Crippen LogP contribution in [0, 0.1) is 0 Å². The van der Waals surface area contributed by atoms with E-state index in [0.29, 0.717) is 19.2 Å². The molecule has 0 saturated carbocycles. The first-order chi connectivity index (χ1) is 21.4.